The van der Waals surface area contributed by atoms with Crippen LogP contribution in [-0.2, 0) is 24.4 Å². The Bertz CT molecular complexity index is 537. The smallest absolute Gasteiger partial charge is 0.552 e. The first-order valence-corrected chi connectivity index (χ1v) is 13.5. The zero-order valence-corrected chi connectivity index (χ0v) is 24.9. The molecule has 0 spiro atoms. The first kappa shape index (κ1) is 38.0. The van der Waals surface area contributed by atoms with Crippen LogP contribution in [0.25, 0.3) is 0 Å². The van der Waals surface area contributed by atoms with E-state index in [0.717, 1.165) is 13.0 Å². The quantitative estimate of drug-likeness (QED) is 0.0909. The number of hydrogen-bond acceptors (Lipinski definition) is 5. The maximum absolute atomic E-state index is 10.2. The van der Waals surface area contributed by atoms with Crippen LogP contribution in [0.4, 0.5) is 0 Å². The van der Waals surface area contributed by atoms with Crippen molar-refractivity contribution in [3.8, 4) is 0 Å². The zero-order chi connectivity index (χ0) is 24.7. The van der Waals surface area contributed by atoms with Crippen LogP contribution in [0.2, 0.25) is 0 Å². The van der Waals surface area contributed by atoms with Crippen molar-refractivity contribution in [2.75, 3.05) is 6.61 Å². The van der Waals surface area contributed by atoms with Gasteiger partial charge < -0.3 is 14.9 Å². The molecule has 1 atom stereocenters. The molecule has 8 nitrogen and oxygen atoms in total. The van der Waals surface area contributed by atoms with Gasteiger partial charge in [0.25, 0.3) is 10.1 Å². The fourth-order valence-electron chi connectivity index (χ4n) is 3.06. The van der Waals surface area contributed by atoms with E-state index in [4.69, 9.17) is 19.5 Å². The van der Waals surface area contributed by atoms with Crippen molar-refractivity contribution in [1.29, 1.82) is 0 Å². The van der Waals surface area contributed by atoms with Crippen LogP contribution in [-0.4, -0.2) is 47.0 Å². The Labute approximate surface area is 243 Å². The fourth-order valence-corrected chi connectivity index (χ4v) is 3.67. The monoisotopic (exact) mass is 520 g/mol. The Kier molecular flexibility index (Phi) is 31.1. The summed E-state index contributed by atoms with van der Waals surface area (Å²) in [5.74, 6) is -3.50. The molecule has 0 aliphatic rings. The summed E-state index contributed by atoms with van der Waals surface area (Å²) in [6.45, 7) is 7.25. The van der Waals surface area contributed by atoms with Crippen molar-refractivity contribution in [2.45, 2.75) is 122 Å². The molecule has 0 aromatic heterocycles. The summed E-state index contributed by atoms with van der Waals surface area (Å²) in [6, 6.07) is 0. The third-order valence-corrected chi connectivity index (χ3v) is 5.98. The average Bonchev–Trinajstić information content (AvgIpc) is 2.71. The molecule has 0 aliphatic heterocycles. The van der Waals surface area contributed by atoms with E-state index in [1.165, 1.54) is 89.9 Å². The average molecular weight is 521 g/mol. The molecule has 0 aromatic carbocycles. The van der Waals surface area contributed by atoms with Gasteiger partial charge >= 0.3 is 63.3 Å². The van der Waals surface area contributed by atoms with Gasteiger partial charge in [-0.3, -0.25) is 14.1 Å². The van der Waals surface area contributed by atoms with Gasteiger partial charge in [-0.1, -0.05) is 97.3 Å². The summed E-state index contributed by atoms with van der Waals surface area (Å²) in [7, 11) is -4.84. The van der Waals surface area contributed by atoms with Gasteiger partial charge in [-0.2, -0.15) is 14.8 Å². The van der Waals surface area contributed by atoms with Crippen LogP contribution in [0, 0.1) is 6.61 Å². The van der Waals surface area contributed by atoms with Crippen molar-refractivity contribution >= 4 is 22.1 Å². The summed E-state index contributed by atoms with van der Waals surface area (Å²) in [5.41, 5.74) is 0. The van der Waals surface area contributed by atoms with Gasteiger partial charge in [0.05, 0.1) is 6.42 Å². The first-order chi connectivity index (χ1) is 15.2. The molecular weight excluding hydrogens is 475 g/mol. The molecule has 0 rings (SSSR count). The largest absolute Gasteiger partial charge is 1.00 e. The summed E-state index contributed by atoms with van der Waals surface area (Å²) < 4.78 is 34.0. The third-order valence-electron chi connectivity index (χ3n) is 4.90. The molecule has 0 saturated carbocycles. The van der Waals surface area contributed by atoms with E-state index >= 15 is 0 Å². The van der Waals surface area contributed by atoms with Gasteiger partial charge in [-0.25, -0.2) is 6.61 Å². The second kappa shape index (κ2) is 27.0. The Morgan fingerprint density at radius 2 is 1.18 bits per heavy atom. The van der Waals surface area contributed by atoms with Gasteiger partial charge in [0, 0.05) is 6.61 Å². The van der Waals surface area contributed by atoms with Gasteiger partial charge in [-0.05, 0) is 6.42 Å². The molecular formula is C23H45KO8S. The molecule has 0 bridgehead atoms. The van der Waals surface area contributed by atoms with E-state index in [1.54, 1.807) is 0 Å². The minimum absolute atomic E-state index is 0. The molecule has 0 aliphatic carbocycles. The molecule has 0 heterocycles. The van der Waals surface area contributed by atoms with E-state index < -0.39 is 33.7 Å². The van der Waals surface area contributed by atoms with E-state index in [1.807, 2.05) is 6.61 Å². The van der Waals surface area contributed by atoms with E-state index in [0.29, 0.717) is 0 Å². The minimum Gasteiger partial charge on any atom is -0.552 e. The molecule has 192 valence electrons. The van der Waals surface area contributed by atoms with Crippen LogP contribution >= 0.6 is 0 Å². The van der Waals surface area contributed by atoms with Crippen molar-refractivity contribution in [1.82, 2.24) is 0 Å². The van der Waals surface area contributed by atoms with Crippen molar-refractivity contribution < 1.29 is 88.9 Å². The minimum atomic E-state index is -4.84. The molecule has 0 aromatic rings. The Hall–Kier alpha value is 0.446. The van der Waals surface area contributed by atoms with E-state index in [-0.39, 0.29) is 51.4 Å². The van der Waals surface area contributed by atoms with E-state index in [9.17, 15) is 18.0 Å². The number of ether oxygens (including phenoxy) is 1. The number of carboxylic acids is 2. The molecule has 0 radical (unpaired) electrons. The number of hydrogen-bond donors (Lipinski definition) is 3. The number of aliphatic carboxylic acids is 2. The van der Waals surface area contributed by atoms with E-state index in [2.05, 4.69) is 13.8 Å². The molecule has 33 heavy (non-hydrogen) atoms. The van der Waals surface area contributed by atoms with Crippen LogP contribution in [0.3, 0.4) is 0 Å². The normalized spacial score (nSPS) is 11.7. The summed E-state index contributed by atoms with van der Waals surface area (Å²) in [4.78, 5) is 20.0. The molecule has 10 heteroatoms. The Morgan fingerprint density at radius 1 is 0.788 bits per heavy atom. The number of rotatable bonds is 21. The van der Waals surface area contributed by atoms with Crippen LogP contribution < -0.4 is 51.4 Å². The molecule has 1 unspecified atom stereocenters. The summed E-state index contributed by atoms with van der Waals surface area (Å²) >= 11 is 0. The number of unbranched alkanes of at least 4 members (excludes halogenated alkanes) is 13. The standard InChI is InChI=1S/C19H39O.C4H6O7S.K/c1-3-5-6-7-8-9-10-11-12-13-14-15-16-17-19-20-18-4-2;5-3(6)1-2(4(7)8)12(9,10)11;/h18H,3-17,19H2,1-2H3;2H,1H2,(H,5,6)(H,7,8)(H,9,10,11);/q-1;;+1. The summed E-state index contributed by atoms with van der Waals surface area (Å²) in [6.07, 6.45) is 19.7. The van der Waals surface area contributed by atoms with Crippen molar-refractivity contribution in [3.63, 3.8) is 0 Å². The number of carbonyl (C=O) groups is 2. The zero-order valence-electron chi connectivity index (χ0n) is 21.0. The van der Waals surface area contributed by atoms with Gasteiger partial charge in [0.1, 0.15) is 0 Å². The second-order valence-electron chi connectivity index (χ2n) is 7.98. The molecule has 0 fully saturated rings. The van der Waals surface area contributed by atoms with Crippen LogP contribution in [0.5, 0.6) is 0 Å². The Balaban J connectivity index is -0.000000596. The maximum atomic E-state index is 10.2. The second-order valence-corrected chi connectivity index (χ2v) is 9.58. The van der Waals surface area contributed by atoms with Crippen molar-refractivity contribution in [2.24, 2.45) is 0 Å². The maximum Gasteiger partial charge on any atom is 1.00 e. The molecule has 0 amide bonds. The topological polar surface area (TPSA) is 138 Å². The predicted molar refractivity (Wildman–Crippen MR) is 126 cm³/mol. The SMILES string of the molecule is CC[CH-]OCCCCCCCCCCCCCCCC.O=C(O)CC(C(=O)O)S(=O)(=O)O.[K+]. The van der Waals surface area contributed by atoms with Gasteiger partial charge in [0.15, 0.2) is 5.25 Å². The van der Waals surface area contributed by atoms with Crippen LogP contribution in [0.15, 0.2) is 0 Å². The molecule has 0 saturated heterocycles. The first-order valence-electron chi connectivity index (χ1n) is 12.0. The summed E-state index contributed by atoms with van der Waals surface area (Å²) in [5, 5.41) is 13.9. The third kappa shape index (κ3) is 30.4. The predicted octanol–water partition coefficient (Wildman–Crippen LogP) is 2.86. The fraction of sp³-hybridized carbons (Fsp3) is 0.870. The van der Waals surface area contributed by atoms with Gasteiger partial charge in [0.2, 0.25) is 0 Å². The van der Waals surface area contributed by atoms with Crippen LogP contribution in [0.1, 0.15) is 117 Å². The number of carboxylic acid groups (broad SMARTS) is 2. The Morgan fingerprint density at radius 3 is 1.45 bits per heavy atom. The van der Waals surface area contributed by atoms with Gasteiger partial charge in [-0.15, -0.1) is 0 Å². The molecule has 3 N–H and O–H groups in total. The van der Waals surface area contributed by atoms with Crippen molar-refractivity contribution in [3.05, 3.63) is 6.61 Å².